The summed E-state index contributed by atoms with van der Waals surface area (Å²) in [7, 11) is 1.91. The fraction of sp³-hybridized carbons (Fsp3) is 0.0625. The molecule has 0 atom stereocenters. The van der Waals surface area contributed by atoms with Gasteiger partial charge in [0.15, 0.2) is 0 Å². The number of nitriles is 1. The maximum Gasteiger partial charge on any atom is 0.269 e. The number of thioether (sulfide) groups is 1. The Kier molecular flexibility index (Phi) is 3.57. The molecule has 0 unspecified atom stereocenters. The van der Waals surface area contributed by atoms with E-state index in [4.69, 9.17) is 0 Å². The predicted molar refractivity (Wildman–Crippen MR) is 86.3 cm³/mol. The van der Waals surface area contributed by atoms with Crippen molar-refractivity contribution in [3.63, 3.8) is 0 Å². The number of non-ortho nitro benzene ring substituents is 1. The summed E-state index contributed by atoms with van der Waals surface area (Å²) in [5.41, 5.74) is 2.26. The molecule has 0 fully saturated rings. The lowest BCUT2D eigenvalue weighted by Gasteiger charge is -2.15. The summed E-state index contributed by atoms with van der Waals surface area (Å²) in [5.74, 6) is 0. The van der Waals surface area contributed by atoms with Gasteiger partial charge in [-0.25, -0.2) is 0 Å². The van der Waals surface area contributed by atoms with E-state index >= 15 is 0 Å². The van der Waals surface area contributed by atoms with Crippen molar-refractivity contribution < 1.29 is 4.92 Å². The summed E-state index contributed by atoms with van der Waals surface area (Å²) in [6.45, 7) is 0. The van der Waals surface area contributed by atoms with E-state index in [1.807, 2.05) is 36.2 Å². The van der Waals surface area contributed by atoms with Crippen LogP contribution in [0.5, 0.6) is 0 Å². The van der Waals surface area contributed by atoms with Crippen molar-refractivity contribution in [1.29, 1.82) is 5.26 Å². The van der Waals surface area contributed by atoms with Crippen LogP contribution in [0.25, 0.3) is 5.57 Å². The molecule has 0 spiro atoms. The van der Waals surface area contributed by atoms with Crippen LogP contribution < -0.4 is 4.90 Å². The van der Waals surface area contributed by atoms with Gasteiger partial charge in [-0.1, -0.05) is 23.9 Å². The first kappa shape index (κ1) is 14.2. The number of anilines is 1. The van der Waals surface area contributed by atoms with Gasteiger partial charge in [-0.15, -0.1) is 0 Å². The normalized spacial score (nSPS) is 15.2. The van der Waals surface area contributed by atoms with E-state index in [2.05, 4.69) is 6.07 Å². The molecule has 2 aromatic carbocycles. The molecule has 5 nitrogen and oxygen atoms in total. The van der Waals surface area contributed by atoms with E-state index in [-0.39, 0.29) is 5.69 Å². The minimum Gasteiger partial charge on any atom is -0.337 e. The molecule has 1 heterocycles. The number of rotatable bonds is 2. The number of benzene rings is 2. The van der Waals surface area contributed by atoms with Crippen molar-refractivity contribution in [2.24, 2.45) is 0 Å². The van der Waals surface area contributed by atoms with Crippen LogP contribution in [0.3, 0.4) is 0 Å². The average Bonchev–Trinajstić information content (AvgIpc) is 2.86. The Morgan fingerprint density at radius 1 is 1.23 bits per heavy atom. The Morgan fingerprint density at radius 2 is 1.91 bits per heavy atom. The van der Waals surface area contributed by atoms with Gasteiger partial charge in [0.2, 0.25) is 0 Å². The molecule has 0 saturated heterocycles. The van der Waals surface area contributed by atoms with Crippen LogP contribution >= 0.6 is 11.8 Å². The maximum atomic E-state index is 10.7. The standard InChI is InChI=1S/C16H11N3O2S/c1-18-14-4-2-3-5-15(14)22-16(18)13(10-17)11-6-8-12(9-7-11)19(20)21/h2-9H,1H3/b16-13+. The van der Waals surface area contributed by atoms with Gasteiger partial charge in [0.25, 0.3) is 5.69 Å². The number of hydrogen-bond acceptors (Lipinski definition) is 5. The smallest absolute Gasteiger partial charge is 0.269 e. The van der Waals surface area contributed by atoms with Gasteiger partial charge in [0.1, 0.15) is 6.07 Å². The molecule has 3 rings (SSSR count). The van der Waals surface area contributed by atoms with Crippen LogP contribution in [-0.2, 0) is 0 Å². The Bertz CT molecular complexity index is 822. The fourth-order valence-electron chi connectivity index (χ4n) is 2.31. The lowest BCUT2D eigenvalue weighted by molar-refractivity contribution is -0.384. The lowest BCUT2D eigenvalue weighted by Crippen LogP contribution is -2.11. The summed E-state index contributed by atoms with van der Waals surface area (Å²) in [6.07, 6.45) is 0. The van der Waals surface area contributed by atoms with E-state index < -0.39 is 4.92 Å². The largest absolute Gasteiger partial charge is 0.337 e. The number of nitrogens with zero attached hydrogens (tertiary/aromatic N) is 3. The second-order valence-electron chi connectivity index (χ2n) is 4.72. The molecule has 0 N–H and O–H groups in total. The van der Waals surface area contributed by atoms with Crippen LogP contribution in [0.2, 0.25) is 0 Å². The van der Waals surface area contributed by atoms with E-state index in [0.717, 1.165) is 15.6 Å². The third kappa shape index (κ3) is 2.32. The second kappa shape index (κ2) is 5.54. The Balaban J connectivity index is 2.05. The number of hydrogen-bond donors (Lipinski definition) is 0. The maximum absolute atomic E-state index is 10.7. The van der Waals surface area contributed by atoms with Crippen molar-refractivity contribution in [3.8, 4) is 6.07 Å². The predicted octanol–water partition coefficient (Wildman–Crippen LogP) is 4.03. The molecule has 0 aliphatic carbocycles. The molecule has 6 heteroatoms. The molecule has 108 valence electrons. The quantitative estimate of drug-likeness (QED) is 0.476. The molecule has 0 aromatic heterocycles. The highest BCUT2D eigenvalue weighted by molar-refractivity contribution is 8.04. The topological polar surface area (TPSA) is 70.2 Å². The van der Waals surface area contributed by atoms with Crippen LogP contribution in [0.4, 0.5) is 11.4 Å². The number of para-hydroxylation sites is 1. The van der Waals surface area contributed by atoms with Crippen molar-refractivity contribution in [2.45, 2.75) is 4.90 Å². The first-order chi connectivity index (χ1) is 10.6. The Hall–Kier alpha value is -2.78. The molecule has 0 saturated carbocycles. The zero-order valence-corrected chi connectivity index (χ0v) is 12.5. The van der Waals surface area contributed by atoms with Crippen molar-refractivity contribution in [3.05, 3.63) is 69.2 Å². The molecule has 1 aliphatic rings. The first-order valence-electron chi connectivity index (χ1n) is 6.51. The van der Waals surface area contributed by atoms with Gasteiger partial charge in [-0.3, -0.25) is 10.1 Å². The van der Waals surface area contributed by atoms with E-state index in [9.17, 15) is 15.4 Å². The number of nitro benzene ring substituents is 1. The number of nitro groups is 1. The SMILES string of the molecule is CN1/C(=C(/C#N)c2ccc([N+](=O)[O-])cc2)Sc2ccccc21. The summed E-state index contributed by atoms with van der Waals surface area (Å²) < 4.78 is 0. The minimum atomic E-state index is -0.449. The first-order valence-corrected chi connectivity index (χ1v) is 7.33. The van der Waals surface area contributed by atoms with Crippen LogP contribution in [0.15, 0.2) is 58.5 Å². The third-order valence-electron chi connectivity index (χ3n) is 3.43. The third-order valence-corrected chi connectivity index (χ3v) is 4.67. The summed E-state index contributed by atoms with van der Waals surface area (Å²) >= 11 is 1.53. The molecule has 2 aromatic rings. The zero-order chi connectivity index (χ0) is 15.7. The Labute approximate surface area is 131 Å². The van der Waals surface area contributed by atoms with Crippen LogP contribution in [0.1, 0.15) is 5.56 Å². The molecule has 0 amide bonds. The molecule has 0 radical (unpaired) electrons. The van der Waals surface area contributed by atoms with Crippen LogP contribution in [0, 0.1) is 21.4 Å². The highest BCUT2D eigenvalue weighted by atomic mass is 32.2. The van der Waals surface area contributed by atoms with Crippen molar-refractivity contribution in [1.82, 2.24) is 0 Å². The minimum absolute atomic E-state index is 0.0155. The monoisotopic (exact) mass is 309 g/mol. The van der Waals surface area contributed by atoms with Gasteiger partial charge in [0.05, 0.1) is 21.2 Å². The van der Waals surface area contributed by atoms with Crippen LogP contribution in [-0.4, -0.2) is 12.0 Å². The molecule has 22 heavy (non-hydrogen) atoms. The van der Waals surface area contributed by atoms with Crippen molar-refractivity contribution >= 4 is 28.7 Å². The lowest BCUT2D eigenvalue weighted by atomic mass is 10.1. The van der Waals surface area contributed by atoms with Crippen molar-refractivity contribution in [2.75, 3.05) is 11.9 Å². The van der Waals surface area contributed by atoms with Gasteiger partial charge >= 0.3 is 0 Å². The van der Waals surface area contributed by atoms with E-state index in [0.29, 0.717) is 11.1 Å². The second-order valence-corrected chi connectivity index (χ2v) is 5.76. The van der Waals surface area contributed by atoms with E-state index in [1.54, 1.807) is 12.1 Å². The number of allylic oxidation sites excluding steroid dienone is 1. The average molecular weight is 309 g/mol. The van der Waals surface area contributed by atoms with E-state index in [1.165, 1.54) is 23.9 Å². The molecular weight excluding hydrogens is 298 g/mol. The van der Waals surface area contributed by atoms with Gasteiger partial charge in [-0.05, 0) is 29.8 Å². The highest BCUT2D eigenvalue weighted by Crippen LogP contribution is 2.47. The summed E-state index contributed by atoms with van der Waals surface area (Å²) in [5, 5.41) is 21.1. The zero-order valence-electron chi connectivity index (χ0n) is 11.7. The highest BCUT2D eigenvalue weighted by Gasteiger charge is 2.25. The van der Waals surface area contributed by atoms with Gasteiger partial charge in [0, 0.05) is 24.1 Å². The Morgan fingerprint density at radius 3 is 2.50 bits per heavy atom. The van der Waals surface area contributed by atoms with Gasteiger partial charge < -0.3 is 4.90 Å². The molecular formula is C16H11N3O2S. The summed E-state index contributed by atoms with van der Waals surface area (Å²) in [6, 6.07) is 16.2. The molecule has 1 aliphatic heterocycles. The number of fused-ring (bicyclic) bond motifs is 1. The fourth-order valence-corrected chi connectivity index (χ4v) is 3.47. The van der Waals surface area contributed by atoms with Gasteiger partial charge in [-0.2, -0.15) is 5.26 Å². The summed E-state index contributed by atoms with van der Waals surface area (Å²) in [4.78, 5) is 13.3. The molecule has 0 bridgehead atoms.